The highest BCUT2D eigenvalue weighted by Crippen LogP contribution is 2.36. The Hall–Kier alpha value is -6.62. The van der Waals surface area contributed by atoms with Gasteiger partial charge in [0.25, 0.3) is 5.91 Å². The summed E-state index contributed by atoms with van der Waals surface area (Å²) in [6, 6.07) is 12.5. The number of aromatic hydroxyl groups is 6. The molecule has 49 heavy (non-hydrogen) atoms. The van der Waals surface area contributed by atoms with E-state index in [-0.39, 0.29) is 53.1 Å². The molecule has 3 aromatic rings. The number of amides is 1. The third-order valence-electron chi connectivity index (χ3n) is 6.02. The maximum atomic E-state index is 12.1. The van der Waals surface area contributed by atoms with Crippen LogP contribution in [0.4, 0.5) is 5.69 Å². The standard InChI is InChI=1S/C14H15N3O5.2C10H10O3.CH4/c1-3-16(4-2)14(20)10(8-15)5-9-6-11(17(21)22)13(19)12(18)7-9;2*1-7(11)2-3-8-4-5-9(12)10(13)6-8;/h5-7,18-19H,3-4H2,1-2H3;2*2-6,12-13H,1H3;1H4/b10-5+;2*3-2+;. The van der Waals surface area contributed by atoms with Gasteiger partial charge in [-0.15, -0.1) is 0 Å². The summed E-state index contributed by atoms with van der Waals surface area (Å²) in [5, 5.41) is 74.9. The summed E-state index contributed by atoms with van der Waals surface area (Å²) in [6.07, 6.45) is 7.06. The Labute approximate surface area is 283 Å². The Balaban J connectivity index is 0.000000738. The van der Waals surface area contributed by atoms with E-state index >= 15 is 0 Å². The zero-order valence-electron chi connectivity index (χ0n) is 26.5. The summed E-state index contributed by atoms with van der Waals surface area (Å²) in [5.41, 5.74) is 0.483. The van der Waals surface area contributed by atoms with Crippen molar-refractivity contribution in [1.29, 1.82) is 5.26 Å². The van der Waals surface area contributed by atoms with E-state index in [1.807, 2.05) is 0 Å². The molecule has 0 aliphatic rings. The van der Waals surface area contributed by atoms with Crippen LogP contribution in [0.3, 0.4) is 0 Å². The van der Waals surface area contributed by atoms with Crippen molar-refractivity contribution < 1.29 is 49.9 Å². The van der Waals surface area contributed by atoms with Crippen LogP contribution in [0.25, 0.3) is 18.2 Å². The molecule has 0 saturated heterocycles. The number of hydrogen-bond donors (Lipinski definition) is 6. The van der Waals surface area contributed by atoms with Crippen LogP contribution in [0.15, 0.2) is 66.3 Å². The largest absolute Gasteiger partial charge is 0.504 e. The van der Waals surface area contributed by atoms with Crippen molar-refractivity contribution in [1.82, 2.24) is 4.90 Å². The molecule has 3 rings (SSSR count). The zero-order chi connectivity index (χ0) is 36.6. The van der Waals surface area contributed by atoms with Crippen molar-refractivity contribution in [3.63, 3.8) is 0 Å². The van der Waals surface area contributed by atoms with Gasteiger partial charge in [0, 0.05) is 19.2 Å². The molecule has 0 aliphatic heterocycles. The molecule has 14 nitrogen and oxygen atoms in total. The van der Waals surface area contributed by atoms with E-state index < -0.39 is 28.0 Å². The summed E-state index contributed by atoms with van der Waals surface area (Å²) in [6.45, 7) is 7.22. The summed E-state index contributed by atoms with van der Waals surface area (Å²) < 4.78 is 0. The second-order valence-corrected chi connectivity index (χ2v) is 9.70. The van der Waals surface area contributed by atoms with Crippen LogP contribution in [0, 0.1) is 21.4 Å². The fourth-order valence-corrected chi connectivity index (χ4v) is 3.55. The average Bonchev–Trinajstić information content (AvgIpc) is 3.03. The predicted molar refractivity (Wildman–Crippen MR) is 184 cm³/mol. The number of phenolic OH excluding ortho intramolecular Hbond substituents is 6. The number of nitrogens with zero attached hydrogens (tertiary/aromatic N) is 3. The molecule has 0 fully saturated rings. The number of ketones is 2. The molecule has 0 saturated carbocycles. The number of nitro benzene ring substituents is 1. The number of hydrogen-bond acceptors (Lipinski definition) is 12. The number of phenols is 6. The Morgan fingerprint density at radius 2 is 1.18 bits per heavy atom. The number of likely N-dealkylation sites (N-methyl/N-ethyl adjacent to an activating group) is 1. The van der Waals surface area contributed by atoms with Crippen LogP contribution >= 0.6 is 0 Å². The molecule has 0 bridgehead atoms. The number of nitro groups is 1. The number of benzene rings is 3. The van der Waals surface area contributed by atoms with E-state index in [2.05, 4.69) is 0 Å². The first-order valence-electron chi connectivity index (χ1n) is 14.1. The quantitative estimate of drug-likeness (QED) is 0.0516. The molecule has 0 atom stereocenters. The van der Waals surface area contributed by atoms with Crippen molar-refractivity contribution in [2.75, 3.05) is 13.1 Å². The van der Waals surface area contributed by atoms with E-state index in [0.29, 0.717) is 24.2 Å². The SMILES string of the molecule is C.CC(=O)/C=C/c1ccc(O)c(O)c1.CC(=O)/C=C/c1ccc(O)c(O)c1.CCN(CC)C(=O)/C(C#N)=C/c1cc(O)c(O)c([N+](=O)[O-])c1. The summed E-state index contributed by atoms with van der Waals surface area (Å²) >= 11 is 0. The summed E-state index contributed by atoms with van der Waals surface area (Å²) in [4.78, 5) is 44.6. The van der Waals surface area contributed by atoms with Gasteiger partial charge < -0.3 is 35.5 Å². The predicted octanol–water partition coefficient (Wildman–Crippen LogP) is 5.82. The number of nitriles is 1. The lowest BCUT2D eigenvalue weighted by Gasteiger charge is -2.17. The maximum Gasteiger partial charge on any atom is 0.315 e. The number of rotatable bonds is 9. The molecule has 0 aliphatic carbocycles. The minimum Gasteiger partial charge on any atom is -0.504 e. The number of allylic oxidation sites excluding steroid dienone is 2. The highest BCUT2D eigenvalue weighted by atomic mass is 16.6. The highest BCUT2D eigenvalue weighted by Gasteiger charge is 2.20. The minimum atomic E-state index is -0.870. The molecule has 0 radical (unpaired) electrons. The summed E-state index contributed by atoms with van der Waals surface area (Å²) in [7, 11) is 0. The van der Waals surface area contributed by atoms with Gasteiger partial charge in [-0.25, -0.2) is 0 Å². The van der Waals surface area contributed by atoms with Gasteiger partial charge in [0.05, 0.1) is 4.92 Å². The van der Waals surface area contributed by atoms with E-state index in [4.69, 9.17) is 25.7 Å². The van der Waals surface area contributed by atoms with Gasteiger partial charge in [0.1, 0.15) is 11.6 Å². The second-order valence-electron chi connectivity index (χ2n) is 9.70. The van der Waals surface area contributed by atoms with Crippen LogP contribution in [0.5, 0.6) is 34.5 Å². The van der Waals surface area contributed by atoms with Crippen LogP contribution in [-0.4, -0.2) is 71.0 Å². The molecule has 6 N–H and O–H groups in total. The fourth-order valence-electron chi connectivity index (χ4n) is 3.55. The monoisotopic (exact) mass is 677 g/mol. The van der Waals surface area contributed by atoms with Gasteiger partial charge in [-0.3, -0.25) is 24.5 Å². The molecule has 0 spiro atoms. The lowest BCUT2D eigenvalue weighted by atomic mass is 10.1. The lowest BCUT2D eigenvalue weighted by molar-refractivity contribution is -0.386. The molecular weight excluding hydrogens is 638 g/mol. The normalized spacial score (nSPS) is 10.5. The van der Waals surface area contributed by atoms with Crippen molar-refractivity contribution in [3.05, 3.63) is 93.1 Å². The van der Waals surface area contributed by atoms with Gasteiger partial charge in [-0.05, 0) is 92.9 Å². The van der Waals surface area contributed by atoms with Gasteiger partial charge >= 0.3 is 5.69 Å². The van der Waals surface area contributed by atoms with Crippen LogP contribution in [0.2, 0.25) is 0 Å². The maximum absolute atomic E-state index is 12.1. The molecule has 0 aromatic heterocycles. The average molecular weight is 678 g/mol. The van der Waals surface area contributed by atoms with E-state index in [9.17, 15) is 34.7 Å². The van der Waals surface area contributed by atoms with E-state index in [1.165, 1.54) is 55.2 Å². The number of carbonyl (C=O) groups is 3. The molecule has 14 heteroatoms. The first-order valence-corrected chi connectivity index (χ1v) is 14.1. The molecular formula is C35H39N3O11. The van der Waals surface area contributed by atoms with Gasteiger partial charge in [-0.2, -0.15) is 5.26 Å². The Bertz CT molecular complexity index is 1710. The van der Waals surface area contributed by atoms with Crippen molar-refractivity contribution in [3.8, 4) is 40.6 Å². The third-order valence-corrected chi connectivity index (χ3v) is 6.02. The molecule has 0 unspecified atom stereocenters. The Morgan fingerprint density at radius 1 is 0.755 bits per heavy atom. The number of carbonyl (C=O) groups excluding carboxylic acids is 3. The van der Waals surface area contributed by atoms with Gasteiger partial charge in [0.2, 0.25) is 5.75 Å². The van der Waals surface area contributed by atoms with Crippen molar-refractivity contribution >= 4 is 41.4 Å². The molecule has 1 amide bonds. The van der Waals surface area contributed by atoms with E-state index in [0.717, 1.165) is 18.2 Å². The van der Waals surface area contributed by atoms with Gasteiger partial charge in [-0.1, -0.05) is 31.7 Å². The zero-order valence-corrected chi connectivity index (χ0v) is 26.5. The van der Waals surface area contributed by atoms with Gasteiger partial charge in [0.15, 0.2) is 40.3 Å². The molecule has 260 valence electrons. The second kappa shape index (κ2) is 20.5. The van der Waals surface area contributed by atoms with Crippen LogP contribution < -0.4 is 0 Å². The fraction of sp³-hybridized carbons (Fsp3) is 0.200. The lowest BCUT2D eigenvalue weighted by Crippen LogP contribution is -2.31. The van der Waals surface area contributed by atoms with Crippen LogP contribution in [-0.2, 0) is 14.4 Å². The third kappa shape index (κ3) is 14.1. The summed E-state index contributed by atoms with van der Waals surface area (Å²) in [5.74, 6) is -2.91. The topological polar surface area (TPSA) is 243 Å². The Kier molecular flexibility index (Phi) is 17.7. The minimum absolute atomic E-state index is 0. The van der Waals surface area contributed by atoms with Crippen molar-refractivity contribution in [2.45, 2.75) is 35.1 Å². The van der Waals surface area contributed by atoms with E-state index in [1.54, 1.807) is 44.2 Å². The smallest absolute Gasteiger partial charge is 0.315 e. The molecule has 3 aromatic carbocycles. The van der Waals surface area contributed by atoms with Crippen LogP contribution in [0.1, 0.15) is 51.8 Å². The highest BCUT2D eigenvalue weighted by molar-refractivity contribution is 6.01. The Morgan fingerprint density at radius 3 is 1.53 bits per heavy atom. The first kappa shape index (κ1) is 42.4. The van der Waals surface area contributed by atoms with Crippen molar-refractivity contribution in [2.24, 2.45) is 0 Å². The molecule has 0 heterocycles. The first-order chi connectivity index (χ1) is 22.5.